The highest BCUT2D eigenvalue weighted by atomic mass is 32.2. The molecule has 3 heteroatoms. The fourth-order valence-electron chi connectivity index (χ4n) is 2.09. The molecule has 1 N–H and O–H groups in total. The van der Waals surface area contributed by atoms with Crippen LogP contribution in [0.5, 0.6) is 5.75 Å². The monoisotopic (exact) mass is 256 g/mol. The van der Waals surface area contributed by atoms with Gasteiger partial charge in [-0.05, 0) is 24.0 Å². The summed E-state index contributed by atoms with van der Waals surface area (Å²) in [5.41, 5.74) is 2.60. The van der Waals surface area contributed by atoms with E-state index in [1.807, 2.05) is 42.7 Å². The Balaban J connectivity index is 2.33. The first kappa shape index (κ1) is 11.2. The van der Waals surface area contributed by atoms with Crippen molar-refractivity contribution in [2.24, 2.45) is 0 Å². The van der Waals surface area contributed by atoms with Crippen LogP contribution in [0.15, 0.2) is 58.0 Å². The van der Waals surface area contributed by atoms with E-state index in [1.54, 1.807) is 24.1 Å². The molecule has 0 radical (unpaired) electrons. The van der Waals surface area contributed by atoms with E-state index >= 15 is 0 Å². The minimum atomic E-state index is 0.280. The normalized spacial score (nSPS) is 10.9. The van der Waals surface area contributed by atoms with Crippen molar-refractivity contribution in [2.45, 2.75) is 4.90 Å². The van der Waals surface area contributed by atoms with Crippen LogP contribution >= 0.6 is 11.8 Å². The molecular weight excluding hydrogens is 244 g/mol. The van der Waals surface area contributed by atoms with E-state index in [1.165, 1.54) is 0 Å². The molecule has 0 aliphatic carbocycles. The molecule has 0 bridgehead atoms. The molecule has 2 nitrogen and oxygen atoms in total. The van der Waals surface area contributed by atoms with E-state index in [0.717, 1.165) is 27.0 Å². The largest absolute Gasteiger partial charge is 0.507 e. The quantitative estimate of drug-likeness (QED) is 0.684. The summed E-state index contributed by atoms with van der Waals surface area (Å²) in [5.74, 6) is 0.280. The van der Waals surface area contributed by atoms with Crippen molar-refractivity contribution in [3.05, 3.63) is 48.7 Å². The van der Waals surface area contributed by atoms with Crippen molar-refractivity contribution in [3.63, 3.8) is 0 Å². The van der Waals surface area contributed by atoms with Gasteiger partial charge in [-0.25, -0.2) is 0 Å². The molecule has 90 valence electrons. The Morgan fingerprint density at radius 3 is 2.61 bits per heavy atom. The van der Waals surface area contributed by atoms with Gasteiger partial charge in [0, 0.05) is 5.56 Å². The lowest BCUT2D eigenvalue weighted by atomic mass is 10.0. The zero-order chi connectivity index (χ0) is 12.5. The van der Waals surface area contributed by atoms with Crippen LogP contribution in [0, 0.1) is 0 Å². The minimum absolute atomic E-state index is 0.280. The van der Waals surface area contributed by atoms with Crippen molar-refractivity contribution < 1.29 is 9.52 Å². The van der Waals surface area contributed by atoms with E-state index in [-0.39, 0.29) is 5.75 Å². The maximum absolute atomic E-state index is 10.3. The number of benzene rings is 2. The van der Waals surface area contributed by atoms with E-state index in [2.05, 4.69) is 0 Å². The van der Waals surface area contributed by atoms with Crippen LogP contribution in [0.3, 0.4) is 0 Å². The summed E-state index contributed by atoms with van der Waals surface area (Å²) in [5, 5.41) is 11.1. The number of rotatable bonds is 2. The van der Waals surface area contributed by atoms with Crippen LogP contribution in [0.4, 0.5) is 0 Å². The molecular formula is C15H12O2S. The lowest BCUT2D eigenvalue weighted by Gasteiger charge is -2.08. The first-order chi connectivity index (χ1) is 8.81. The Bertz CT molecular complexity index is 686. The Morgan fingerprint density at radius 2 is 1.89 bits per heavy atom. The molecule has 0 aliphatic heterocycles. The average Bonchev–Trinajstić information content (AvgIpc) is 2.90. The molecule has 0 spiro atoms. The second-order valence-electron chi connectivity index (χ2n) is 4.00. The number of phenols is 1. The van der Waals surface area contributed by atoms with E-state index in [0.29, 0.717) is 0 Å². The molecule has 0 unspecified atom stereocenters. The van der Waals surface area contributed by atoms with Gasteiger partial charge in [0.2, 0.25) is 0 Å². The molecule has 0 saturated heterocycles. The van der Waals surface area contributed by atoms with Crippen LogP contribution in [-0.4, -0.2) is 11.4 Å². The predicted octanol–water partition coefficient (Wildman–Crippen LogP) is 4.53. The maximum Gasteiger partial charge on any atom is 0.151 e. The SMILES string of the molecule is CSc1cc(-c2ccccc2)c(O)c2ccoc12. The van der Waals surface area contributed by atoms with Crippen molar-refractivity contribution in [3.8, 4) is 16.9 Å². The average molecular weight is 256 g/mol. The molecule has 0 amide bonds. The number of phenolic OH excluding ortho intramolecular Hbond substituents is 1. The number of hydrogen-bond donors (Lipinski definition) is 1. The molecule has 2 aromatic carbocycles. The van der Waals surface area contributed by atoms with Crippen LogP contribution in [0.25, 0.3) is 22.1 Å². The van der Waals surface area contributed by atoms with Crippen molar-refractivity contribution in [2.75, 3.05) is 6.26 Å². The number of aromatic hydroxyl groups is 1. The smallest absolute Gasteiger partial charge is 0.151 e. The Morgan fingerprint density at radius 1 is 1.11 bits per heavy atom. The number of thioether (sulfide) groups is 1. The van der Waals surface area contributed by atoms with Gasteiger partial charge < -0.3 is 9.52 Å². The van der Waals surface area contributed by atoms with Gasteiger partial charge in [0.25, 0.3) is 0 Å². The van der Waals surface area contributed by atoms with Gasteiger partial charge in [-0.15, -0.1) is 11.8 Å². The van der Waals surface area contributed by atoms with Crippen molar-refractivity contribution >= 4 is 22.7 Å². The molecule has 0 saturated carbocycles. The third-order valence-electron chi connectivity index (χ3n) is 2.98. The minimum Gasteiger partial charge on any atom is -0.507 e. The van der Waals surface area contributed by atoms with Crippen LogP contribution in [0.2, 0.25) is 0 Å². The summed E-state index contributed by atoms with van der Waals surface area (Å²) >= 11 is 1.62. The molecule has 3 aromatic rings. The third kappa shape index (κ3) is 1.68. The lowest BCUT2D eigenvalue weighted by molar-refractivity contribution is 0.482. The summed E-state index contributed by atoms with van der Waals surface area (Å²) in [4.78, 5) is 1.03. The third-order valence-corrected chi connectivity index (χ3v) is 3.72. The molecule has 3 rings (SSSR count). The highest BCUT2D eigenvalue weighted by molar-refractivity contribution is 7.98. The summed E-state index contributed by atoms with van der Waals surface area (Å²) in [6.45, 7) is 0. The second-order valence-corrected chi connectivity index (χ2v) is 4.85. The zero-order valence-electron chi connectivity index (χ0n) is 9.88. The second kappa shape index (κ2) is 4.42. The van der Waals surface area contributed by atoms with E-state index < -0.39 is 0 Å². The molecule has 0 fully saturated rings. The number of furan rings is 1. The Hall–Kier alpha value is -1.87. The van der Waals surface area contributed by atoms with Gasteiger partial charge in [0.15, 0.2) is 5.58 Å². The van der Waals surface area contributed by atoms with Crippen molar-refractivity contribution in [1.29, 1.82) is 0 Å². The van der Waals surface area contributed by atoms with Crippen molar-refractivity contribution in [1.82, 2.24) is 0 Å². The molecule has 0 aliphatic rings. The number of hydrogen-bond acceptors (Lipinski definition) is 3. The van der Waals surface area contributed by atoms with Crippen LogP contribution < -0.4 is 0 Å². The predicted molar refractivity (Wildman–Crippen MR) is 75.1 cm³/mol. The maximum atomic E-state index is 10.3. The van der Waals surface area contributed by atoms with Gasteiger partial charge in [-0.3, -0.25) is 0 Å². The fraction of sp³-hybridized carbons (Fsp3) is 0.0667. The number of fused-ring (bicyclic) bond motifs is 1. The Labute approximate surface area is 109 Å². The molecule has 1 heterocycles. The molecule has 18 heavy (non-hydrogen) atoms. The summed E-state index contributed by atoms with van der Waals surface area (Å²) in [7, 11) is 0. The lowest BCUT2D eigenvalue weighted by Crippen LogP contribution is -1.82. The first-order valence-corrected chi connectivity index (χ1v) is 6.86. The Kier molecular flexibility index (Phi) is 2.76. The molecule has 0 atom stereocenters. The van der Waals surface area contributed by atoms with E-state index in [9.17, 15) is 5.11 Å². The zero-order valence-corrected chi connectivity index (χ0v) is 10.7. The fourth-order valence-corrected chi connectivity index (χ4v) is 2.67. The van der Waals surface area contributed by atoms with Gasteiger partial charge in [-0.1, -0.05) is 30.3 Å². The van der Waals surface area contributed by atoms with Gasteiger partial charge >= 0.3 is 0 Å². The topological polar surface area (TPSA) is 33.4 Å². The summed E-state index contributed by atoms with van der Waals surface area (Å²) in [6.07, 6.45) is 3.61. The van der Waals surface area contributed by atoms with Gasteiger partial charge in [-0.2, -0.15) is 0 Å². The first-order valence-electron chi connectivity index (χ1n) is 5.64. The van der Waals surface area contributed by atoms with Crippen LogP contribution in [-0.2, 0) is 0 Å². The highest BCUT2D eigenvalue weighted by Gasteiger charge is 2.14. The van der Waals surface area contributed by atoms with Crippen LogP contribution in [0.1, 0.15) is 0 Å². The molecule has 1 aromatic heterocycles. The van der Waals surface area contributed by atoms with Gasteiger partial charge in [0.05, 0.1) is 16.5 Å². The standard InChI is InChI=1S/C15H12O2S/c1-18-13-9-12(10-5-3-2-4-6-10)14(16)11-7-8-17-15(11)13/h2-9,16H,1H3. The highest BCUT2D eigenvalue weighted by Crippen LogP contribution is 2.41. The van der Waals surface area contributed by atoms with E-state index in [4.69, 9.17) is 4.42 Å². The summed E-state index contributed by atoms with van der Waals surface area (Å²) in [6, 6.07) is 13.7. The van der Waals surface area contributed by atoms with Gasteiger partial charge in [0.1, 0.15) is 5.75 Å². The summed E-state index contributed by atoms with van der Waals surface area (Å²) < 4.78 is 5.43.